The summed E-state index contributed by atoms with van der Waals surface area (Å²) in [7, 11) is 0. The minimum Gasteiger partial charge on any atom is -0.480 e. The van der Waals surface area contributed by atoms with E-state index in [-0.39, 0.29) is 0 Å². The van der Waals surface area contributed by atoms with Crippen molar-refractivity contribution < 1.29 is 9.90 Å². The second-order valence-electron chi connectivity index (χ2n) is 6.97. The van der Waals surface area contributed by atoms with Crippen molar-refractivity contribution in [2.24, 2.45) is 5.92 Å². The molecule has 4 heteroatoms. The van der Waals surface area contributed by atoms with E-state index in [1.807, 2.05) is 6.92 Å². The predicted molar refractivity (Wildman–Crippen MR) is 80.9 cm³/mol. The summed E-state index contributed by atoms with van der Waals surface area (Å²) in [5.74, 6) is 0.0529. The van der Waals surface area contributed by atoms with Gasteiger partial charge in [-0.05, 0) is 57.5 Å². The maximum absolute atomic E-state index is 11.7. The SMILES string of the molecule is CCNC1(C(=O)O)CCC(N(CCC(C)C)C2CC2)C1. The number of carbonyl (C=O) groups is 1. The smallest absolute Gasteiger partial charge is 0.323 e. The molecule has 0 aliphatic heterocycles. The molecule has 0 aromatic rings. The normalized spacial score (nSPS) is 30.4. The van der Waals surface area contributed by atoms with Gasteiger partial charge in [0.25, 0.3) is 0 Å². The molecule has 4 nitrogen and oxygen atoms in total. The third-order valence-electron chi connectivity index (χ3n) is 4.86. The number of rotatable bonds is 8. The average Bonchev–Trinajstić information content (AvgIpc) is 3.11. The number of nitrogens with zero attached hydrogens (tertiary/aromatic N) is 1. The first kappa shape index (κ1) is 15.8. The fourth-order valence-corrected chi connectivity index (χ4v) is 3.55. The molecule has 2 N–H and O–H groups in total. The topological polar surface area (TPSA) is 52.6 Å². The van der Waals surface area contributed by atoms with Crippen LogP contribution in [0.3, 0.4) is 0 Å². The van der Waals surface area contributed by atoms with Gasteiger partial charge in [-0.3, -0.25) is 9.69 Å². The van der Waals surface area contributed by atoms with Gasteiger partial charge in [-0.1, -0.05) is 20.8 Å². The van der Waals surface area contributed by atoms with Gasteiger partial charge in [0, 0.05) is 12.1 Å². The Bertz CT molecular complexity index is 341. The van der Waals surface area contributed by atoms with E-state index in [1.165, 1.54) is 19.3 Å². The van der Waals surface area contributed by atoms with Crippen LogP contribution in [-0.4, -0.2) is 46.7 Å². The van der Waals surface area contributed by atoms with Crippen LogP contribution < -0.4 is 5.32 Å². The molecule has 0 bridgehead atoms. The summed E-state index contributed by atoms with van der Waals surface area (Å²) in [5, 5.41) is 12.8. The number of aliphatic carboxylic acids is 1. The summed E-state index contributed by atoms with van der Waals surface area (Å²) < 4.78 is 0. The minimum atomic E-state index is -0.676. The third kappa shape index (κ3) is 3.53. The van der Waals surface area contributed by atoms with Crippen LogP contribution in [-0.2, 0) is 4.79 Å². The standard InChI is InChI=1S/C16H30N2O2/c1-4-17-16(15(19)20)9-7-14(11-16)18(13-5-6-13)10-8-12(2)3/h12-14,17H,4-11H2,1-3H3,(H,19,20). The van der Waals surface area contributed by atoms with Crippen LogP contribution in [0.15, 0.2) is 0 Å². The van der Waals surface area contributed by atoms with Crippen LogP contribution in [0, 0.1) is 5.92 Å². The molecule has 2 fully saturated rings. The number of nitrogens with one attached hydrogen (secondary N) is 1. The highest BCUT2D eigenvalue weighted by molar-refractivity contribution is 5.79. The van der Waals surface area contributed by atoms with Crippen LogP contribution in [0.4, 0.5) is 0 Å². The molecule has 2 rings (SSSR count). The minimum absolute atomic E-state index is 0.455. The first-order valence-electron chi connectivity index (χ1n) is 8.22. The lowest BCUT2D eigenvalue weighted by molar-refractivity contribution is -0.144. The first-order chi connectivity index (χ1) is 9.48. The number of hydrogen-bond acceptors (Lipinski definition) is 3. The van der Waals surface area contributed by atoms with E-state index in [1.54, 1.807) is 0 Å². The average molecular weight is 282 g/mol. The van der Waals surface area contributed by atoms with Crippen molar-refractivity contribution in [1.29, 1.82) is 0 Å². The summed E-state index contributed by atoms with van der Waals surface area (Å²) in [6.07, 6.45) is 6.38. The Labute approximate surface area is 122 Å². The highest BCUT2D eigenvalue weighted by Gasteiger charge is 2.48. The lowest BCUT2D eigenvalue weighted by atomic mass is 9.97. The van der Waals surface area contributed by atoms with Gasteiger partial charge < -0.3 is 10.4 Å². The van der Waals surface area contributed by atoms with Crippen LogP contribution >= 0.6 is 0 Å². The molecular formula is C16H30N2O2. The Morgan fingerprint density at radius 2 is 2.05 bits per heavy atom. The van der Waals surface area contributed by atoms with E-state index in [4.69, 9.17) is 0 Å². The lowest BCUT2D eigenvalue weighted by Gasteiger charge is -2.31. The van der Waals surface area contributed by atoms with Crippen molar-refractivity contribution >= 4 is 5.97 Å². The van der Waals surface area contributed by atoms with Crippen LogP contribution in [0.1, 0.15) is 59.3 Å². The van der Waals surface area contributed by atoms with E-state index in [9.17, 15) is 9.90 Å². The molecule has 2 aliphatic carbocycles. The van der Waals surface area contributed by atoms with Crippen molar-refractivity contribution in [3.05, 3.63) is 0 Å². The maximum Gasteiger partial charge on any atom is 0.323 e. The first-order valence-corrected chi connectivity index (χ1v) is 8.22. The quantitative estimate of drug-likeness (QED) is 0.718. The predicted octanol–water partition coefficient (Wildman–Crippen LogP) is 2.48. The second kappa shape index (κ2) is 6.44. The second-order valence-corrected chi connectivity index (χ2v) is 6.97. The molecule has 2 saturated carbocycles. The Morgan fingerprint density at radius 1 is 1.35 bits per heavy atom. The lowest BCUT2D eigenvalue weighted by Crippen LogP contribution is -2.51. The molecule has 0 saturated heterocycles. The van der Waals surface area contributed by atoms with Gasteiger partial charge in [0.15, 0.2) is 0 Å². The number of carboxylic acids is 1. The van der Waals surface area contributed by atoms with Gasteiger partial charge >= 0.3 is 5.97 Å². The van der Waals surface area contributed by atoms with E-state index in [0.717, 1.165) is 44.3 Å². The van der Waals surface area contributed by atoms with Gasteiger partial charge in [0.2, 0.25) is 0 Å². The van der Waals surface area contributed by atoms with E-state index in [2.05, 4.69) is 24.1 Å². The van der Waals surface area contributed by atoms with Crippen LogP contribution in [0.2, 0.25) is 0 Å². The van der Waals surface area contributed by atoms with E-state index < -0.39 is 11.5 Å². The molecule has 20 heavy (non-hydrogen) atoms. The molecule has 0 radical (unpaired) electrons. The summed E-state index contributed by atoms with van der Waals surface area (Å²) in [4.78, 5) is 14.3. The maximum atomic E-state index is 11.7. The summed E-state index contributed by atoms with van der Waals surface area (Å²) in [6, 6.07) is 1.18. The van der Waals surface area contributed by atoms with Gasteiger partial charge in [-0.25, -0.2) is 0 Å². The molecule has 0 amide bonds. The van der Waals surface area contributed by atoms with E-state index >= 15 is 0 Å². The fraction of sp³-hybridized carbons (Fsp3) is 0.938. The zero-order valence-corrected chi connectivity index (χ0v) is 13.2. The van der Waals surface area contributed by atoms with Crippen molar-refractivity contribution in [3.63, 3.8) is 0 Å². The Kier molecular flexibility index (Phi) is 5.08. The number of likely N-dealkylation sites (N-methyl/N-ethyl adjacent to an activating group) is 1. The molecule has 2 unspecified atom stereocenters. The Balaban J connectivity index is 1.99. The van der Waals surface area contributed by atoms with Crippen LogP contribution in [0.5, 0.6) is 0 Å². The molecule has 0 spiro atoms. The Hall–Kier alpha value is -0.610. The van der Waals surface area contributed by atoms with Gasteiger partial charge in [0.05, 0.1) is 0 Å². The summed E-state index contributed by atoms with van der Waals surface area (Å²) in [6.45, 7) is 8.39. The highest BCUT2D eigenvalue weighted by Crippen LogP contribution is 2.39. The highest BCUT2D eigenvalue weighted by atomic mass is 16.4. The zero-order chi connectivity index (χ0) is 14.8. The molecule has 0 aromatic heterocycles. The number of hydrogen-bond donors (Lipinski definition) is 2. The molecule has 0 aromatic carbocycles. The zero-order valence-electron chi connectivity index (χ0n) is 13.2. The number of carboxylic acid groups (broad SMARTS) is 1. The molecule has 2 atom stereocenters. The summed E-state index contributed by atoms with van der Waals surface area (Å²) >= 11 is 0. The molecule has 116 valence electrons. The monoisotopic (exact) mass is 282 g/mol. The molecular weight excluding hydrogens is 252 g/mol. The van der Waals surface area contributed by atoms with Gasteiger partial charge in [-0.15, -0.1) is 0 Å². The van der Waals surface area contributed by atoms with Crippen LogP contribution in [0.25, 0.3) is 0 Å². The van der Waals surface area contributed by atoms with Crippen molar-refractivity contribution in [1.82, 2.24) is 10.2 Å². The van der Waals surface area contributed by atoms with E-state index in [0.29, 0.717) is 6.04 Å². The molecule has 2 aliphatic rings. The fourth-order valence-electron chi connectivity index (χ4n) is 3.55. The van der Waals surface area contributed by atoms with Crippen molar-refractivity contribution in [2.75, 3.05) is 13.1 Å². The van der Waals surface area contributed by atoms with Gasteiger partial charge in [0.1, 0.15) is 5.54 Å². The summed E-state index contributed by atoms with van der Waals surface area (Å²) in [5.41, 5.74) is -0.676. The van der Waals surface area contributed by atoms with Crippen molar-refractivity contribution in [3.8, 4) is 0 Å². The van der Waals surface area contributed by atoms with Gasteiger partial charge in [-0.2, -0.15) is 0 Å². The third-order valence-corrected chi connectivity index (χ3v) is 4.86. The van der Waals surface area contributed by atoms with Crippen molar-refractivity contribution in [2.45, 2.75) is 76.9 Å². The Morgan fingerprint density at radius 3 is 2.55 bits per heavy atom. The molecule has 0 heterocycles. The largest absolute Gasteiger partial charge is 0.480 e.